The van der Waals surface area contributed by atoms with E-state index in [9.17, 15) is 0 Å². The molecule has 0 bridgehead atoms. The van der Waals surface area contributed by atoms with E-state index in [2.05, 4.69) is 17.2 Å². The summed E-state index contributed by atoms with van der Waals surface area (Å²) in [4.78, 5) is 4.12. The number of ether oxygens (including phenoxy) is 2. The number of hydrogen-bond acceptors (Lipinski definition) is 4. The Morgan fingerprint density at radius 2 is 2.13 bits per heavy atom. The molecule has 84 valence electrons. The molecule has 0 fully saturated rings. The Bertz CT molecular complexity index is 262. The molecule has 1 heterocycles. The Labute approximate surface area is 90.6 Å². The highest BCUT2D eigenvalue weighted by Gasteiger charge is 1.96. The van der Waals surface area contributed by atoms with Gasteiger partial charge in [-0.2, -0.15) is 0 Å². The summed E-state index contributed by atoms with van der Waals surface area (Å²) in [6.07, 6.45) is 1.67. The van der Waals surface area contributed by atoms with Gasteiger partial charge in [-0.15, -0.1) is 0 Å². The van der Waals surface area contributed by atoms with Crippen molar-refractivity contribution in [1.29, 1.82) is 0 Å². The molecule has 0 atom stereocenters. The Balaban J connectivity index is 2.29. The number of hydrogen-bond donors (Lipinski definition) is 1. The van der Waals surface area contributed by atoms with Crippen LogP contribution in [0.25, 0.3) is 0 Å². The van der Waals surface area contributed by atoms with Crippen LogP contribution in [0.3, 0.4) is 0 Å². The predicted octanol–water partition coefficient (Wildman–Crippen LogP) is 1.47. The van der Waals surface area contributed by atoms with E-state index in [-0.39, 0.29) is 0 Å². The largest absolute Gasteiger partial charge is 0.492 e. The minimum absolute atomic E-state index is 0.634. The molecule has 0 unspecified atom stereocenters. The SMILES string of the molecule is CCNCCOc1ccc(OCC)cn1. The van der Waals surface area contributed by atoms with Crippen molar-refractivity contribution in [3.8, 4) is 11.6 Å². The average Bonchev–Trinajstić information content (AvgIpc) is 2.27. The van der Waals surface area contributed by atoms with Crippen molar-refractivity contribution < 1.29 is 9.47 Å². The third-order valence-electron chi connectivity index (χ3n) is 1.80. The zero-order valence-electron chi connectivity index (χ0n) is 9.32. The second-order valence-corrected chi connectivity index (χ2v) is 2.97. The highest BCUT2D eigenvalue weighted by atomic mass is 16.5. The van der Waals surface area contributed by atoms with Gasteiger partial charge in [-0.3, -0.25) is 0 Å². The summed E-state index contributed by atoms with van der Waals surface area (Å²) in [5.74, 6) is 1.41. The van der Waals surface area contributed by atoms with Crippen molar-refractivity contribution in [2.24, 2.45) is 0 Å². The van der Waals surface area contributed by atoms with E-state index in [0.29, 0.717) is 19.1 Å². The molecule has 4 heteroatoms. The molecular weight excluding hydrogens is 192 g/mol. The van der Waals surface area contributed by atoms with E-state index >= 15 is 0 Å². The minimum atomic E-state index is 0.634. The van der Waals surface area contributed by atoms with Gasteiger partial charge in [0.25, 0.3) is 0 Å². The zero-order valence-corrected chi connectivity index (χ0v) is 9.32. The van der Waals surface area contributed by atoms with Gasteiger partial charge < -0.3 is 14.8 Å². The molecule has 1 rings (SSSR count). The van der Waals surface area contributed by atoms with Crippen molar-refractivity contribution in [2.45, 2.75) is 13.8 Å². The smallest absolute Gasteiger partial charge is 0.213 e. The second-order valence-electron chi connectivity index (χ2n) is 2.97. The third kappa shape index (κ3) is 4.65. The van der Waals surface area contributed by atoms with Crippen LogP contribution in [0, 0.1) is 0 Å². The van der Waals surface area contributed by atoms with Crippen LogP contribution in [0.15, 0.2) is 18.3 Å². The van der Waals surface area contributed by atoms with Crippen LogP contribution < -0.4 is 14.8 Å². The van der Waals surface area contributed by atoms with Gasteiger partial charge >= 0.3 is 0 Å². The molecule has 0 saturated carbocycles. The molecule has 15 heavy (non-hydrogen) atoms. The van der Waals surface area contributed by atoms with Gasteiger partial charge in [-0.25, -0.2) is 4.98 Å². The molecule has 0 amide bonds. The molecule has 1 N–H and O–H groups in total. The molecule has 0 spiro atoms. The molecule has 0 aliphatic rings. The molecular formula is C11H18N2O2. The average molecular weight is 210 g/mol. The molecule has 1 aromatic rings. The fourth-order valence-corrected chi connectivity index (χ4v) is 1.11. The summed E-state index contributed by atoms with van der Waals surface area (Å²) < 4.78 is 10.7. The fourth-order valence-electron chi connectivity index (χ4n) is 1.11. The second kappa shape index (κ2) is 7.06. The standard InChI is InChI=1S/C11H18N2O2/c1-3-12-7-8-15-11-6-5-10(9-13-11)14-4-2/h5-6,9,12H,3-4,7-8H2,1-2H3. The van der Waals surface area contributed by atoms with Crippen LogP contribution in [-0.2, 0) is 0 Å². The molecule has 0 aliphatic carbocycles. The van der Waals surface area contributed by atoms with Crippen LogP contribution in [-0.4, -0.2) is 31.3 Å². The van der Waals surface area contributed by atoms with Gasteiger partial charge in [0.15, 0.2) is 0 Å². The maximum atomic E-state index is 5.41. The minimum Gasteiger partial charge on any atom is -0.492 e. The van der Waals surface area contributed by atoms with Crippen molar-refractivity contribution in [2.75, 3.05) is 26.3 Å². The van der Waals surface area contributed by atoms with Crippen LogP contribution in [0.4, 0.5) is 0 Å². The monoisotopic (exact) mass is 210 g/mol. The molecule has 0 aliphatic heterocycles. The first kappa shape index (κ1) is 11.8. The Kier molecular flexibility index (Phi) is 5.55. The maximum Gasteiger partial charge on any atom is 0.213 e. The first-order chi connectivity index (χ1) is 7.36. The van der Waals surface area contributed by atoms with E-state index < -0.39 is 0 Å². The highest BCUT2D eigenvalue weighted by molar-refractivity contribution is 5.22. The Morgan fingerprint density at radius 1 is 1.27 bits per heavy atom. The topological polar surface area (TPSA) is 43.4 Å². The summed E-state index contributed by atoms with van der Waals surface area (Å²) in [6.45, 7) is 7.10. The normalized spacial score (nSPS) is 10.0. The van der Waals surface area contributed by atoms with E-state index in [0.717, 1.165) is 18.8 Å². The highest BCUT2D eigenvalue weighted by Crippen LogP contribution is 2.13. The van der Waals surface area contributed by atoms with Gasteiger partial charge in [-0.1, -0.05) is 6.92 Å². The summed E-state index contributed by atoms with van der Waals surface area (Å²) in [5, 5.41) is 3.17. The molecule has 0 radical (unpaired) electrons. The lowest BCUT2D eigenvalue weighted by atomic mass is 10.4. The van der Waals surface area contributed by atoms with Crippen molar-refractivity contribution in [3.05, 3.63) is 18.3 Å². The van der Waals surface area contributed by atoms with Crippen molar-refractivity contribution in [3.63, 3.8) is 0 Å². The first-order valence-electron chi connectivity index (χ1n) is 5.29. The number of likely N-dealkylation sites (N-methyl/N-ethyl adjacent to an activating group) is 1. The molecule has 1 aromatic heterocycles. The van der Waals surface area contributed by atoms with Crippen LogP contribution in [0.5, 0.6) is 11.6 Å². The summed E-state index contributed by atoms with van der Waals surface area (Å²) >= 11 is 0. The summed E-state index contributed by atoms with van der Waals surface area (Å²) in [5.41, 5.74) is 0. The first-order valence-corrected chi connectivity index (χ1v) is 5.29. The molecule has 0 saturated heterocycles. The molecule has 0 aromatic carbocycles. The van der Waals surface area contributed by atoms with Crippen LogP contribution in [0.2, 0.25) is 0 Å². The van der Waals surface area contributed by atoms with Crippen molar-refractivity contribution >= 4 is 0 Å². The summed E-state index contributed by atoms with van der Waals surface area (Å²) in [6, 6.07) is 3.68. The lowest BCUT2D eigenvalue weighted by Crippen LogP contribution is -2.20. The lowest BCUT2D eigenvalue weighted by molar-refractivity contribution is 0.300. The third-order valence-corrected chi connectivity index (χ3v) is 1.80. The van der Waals surface area contributed by atoms with Crippen LogP contribution >= 0.6 is 0 Å². The summed E-state index contributed by atoms with van der Waals surface area (Å²) in [7, 11) is 0. The van der Waals surface area contributed by atoms with Gasteiger partial charge in [-0.05, 0) is 19.5 Å². The van der Waals surface area contributed by atoms with Gasteiger partial charge in [0.1, 0.15) is 12.4 Å². The van der Waals surface area contributed by atoms with Crippen LogP contribution in [0.1, 0.15) is 13.8 Å². The number of aromatic nitrogens is 1. The number of rotatable bonds is 7. The number of nitrogens with zero attached hydrogens (tertiary/aromatic N) is 1. The quantitative estimate of drug-likeness (QED) is 0.692. The van der Waals surface area contributed by atoms with E-state index in [1.165, 1.54) is 0 Å². The van der Waals surface area contributed by atoms with Crippen molar-refractivity contribution in [1.82, 2.24) is 10.3 Å². The number of pyridine rings is 1. The van der Waals surface area contributed by atoms with Gasteiger partial charge in [0.2, 0.25) is 5.88 Å². The Morgan fingerprint density at radius 3 is 2.73 bits per heavy atom. The van der Waals surface area contributed by atoms with Gasteiger partial charge in [0.05, 0.1) is 12.8 Å². The van der Waals surface area contributed by atoms with E-state index in [1.807, 2.05) is 19.1 Å². The number of nitrogens with one attached hydrogen (secondary N) is 1. The lowest BCUT2D eigenvalue weighted by Gasteiger charge is -2.06. The predicted molar refractivity (Wildman–Crippen MR) is 59.4 cm³/mol. The molecule has 4 nitrogen and oxygen atoms in total. The fraction of sp³-hybridized carbons (Fsp3) is 0.545. The van der Waals surface area contributed by atoms with E-state index in [1.54, 1.807) is 6.20 Å². The van der Waals surface area contributed by atoms with E-state index in [4.69, 9.17) is 9.47 Å². The maximum absolute atomic E-state index is 5.41. The Hall–Kier alpha value is -1.29. The zero-order chi connectivity index (χ0) is 10.9. The van der Waals surface area contributed by atoms with Gasteiger partial charge in [0, 0.05) is 12.6 Å².